The minimum atomic E-state index is 0. The van der Waals surface area contributed by atoms with Crippen LogP contribution in [-0.2, 0) is 51.5 Å². The Morgan fingerprint density at radius 1 is 0.750 bits per heavy atom. The van der Waals surface area contributed by atoms with E-state index in [9.17, 15) is 0 Å². The monoisotopic (exact) mass is 308 g/mol. The van der Waals surface area contributed by atoms with Crippen molar-refractivity contribution < 1.29 is 51.5 Å². The molecule has 0 atom stereocenters. The Kier molecular flexibility index (Phi) is 150. The molecule has 0 aromatic heterocycles. The summed E-state index contributed by atoms with van der Waals surface area (Å²) in [5.74, 6) is 0. The Labute approximate surface area is 74.3 Å². The fraction of sp³-hybridized carbons (Fsp3) is 0. The van der Waals surface area contributed by atoms with Gasteiger partial charge in [-0.15, -0.1) is 0 Å². The van der Waals surface area contributed by atoms with Crippen LogP contribution in [-0.4, -0.2) is 23.7 Å². The van der Waals surface area contributed by atoms with Crippen LogP contribution in [0.25, 0.3) is 0 Å². The fourth-order valence-corrected chi connectivity index (χ4v) is 0. The van der Waals surface area contributed by atoms with Gasteiger partial charge in [0.1, 0.15) is 0 Å². The summed E-state index contributed by atoms with van der Waals surface area (Å²) in [7, 11) is 0. The molecule has 0 unspecified atom stereocenters. The minimum absolute atomic E-state index is 0. The van der Waals surface area contributed by atoms with Crippen LogP contribution < -0.4 is 0 Å². The van der Waals surface area contributed by atoms with Crippen molar-refractivity contribution in [1.82, 2.24) is 0 Å². The topological polar surface area (TPSA) is 0 Å². The van der Waals surface area contributed by atoms with Crippen molar-refractivity contribution in [3.8, 4) is 0 Å². The third-order valence-electron chi connectivity index (χ3n) is 0. The van der Waals surface area contributed by atoms with Gasteiger partial charge < -0.3 is 0 Å². The van der Waals surface area contributed by atoms with Crippen LogP contribution in [0.4, 0.5) is 0 Å². The third-order valence-corrected chi connectivity index (χ3v) is 0. The smallest absolute Gasteiger partial charge is 0 e. The second-order valence-corrected chi connectivity index (χ2v) is 0. The molecule has 0 fully saturated rings. The number of hydrogen-bond donors (Lipinski definition) is 0. The molecule has 0 aromatic carbocycles. The average Bonchev–Trinajstić information content (AvgIpc) is 0. The summed E-state index contributed by atoms with van der Waals surface area (Å²) in [5, 5.41) is 0. The molecular weight excluding hydrogens is 307 g/mol. The summed E-state index contributed by atoms with van der Waals surface area (Å²) < 4.78 is 0. The Balaban J connectivity index is 0. The standard InChI is InChI=1S/Cr.2Cu.Te. The van der Waals surface area contributed by atoms with E-state index in [4.69, 9.17) is 0 Å². The van der Waals surface area contributed by atoms with Gasteiger partial charge in [-0.05, 0) is 0 Å². The van der Waals surface area contributed by atoms with Crippen molar-refractivity contribution in [2.24, 2.45) is 0 Å². The van der Waals surface area contributed by atoms with E-state index < -0.39 is 0 Å². The van der Waals surface area contributed by atoms with E-state index in [2.05, 4.69) is 0 Å². The molecule has 0 bridgehead atoms. The van der Waals surface area contributed by atoms with Crippen LogP contribution in [0.15, 0.2) is 0 Å². The van der Waals surface area contributed by atoms with E-state index in [-0.39, 0.29) is 75.2 Å². The molecule has 0 N–H and O–H groups in total. The third kappa shape index (κ3) is 8.84. The molecule has 4 radical (unpaired) electrons. The van der Waals surface area contributed by atoms with Gasteiger partial charge in [0.05, 0.1) is 0 Å². The second-order valence-electron chi connectivity index (χ2n) is 0. The Morgan fingerprint density at radius 2 is 0.750 bits per heavy atom. The Bertz CT molecular complexity index is 6.00. The maximum absolute atomic E-state index is 0. The van der Waals surface area contributed by atoms with Crippen LogP contribution in [0, 0.1) is 0 Å². The number of rotatable bonds is 0. The van der Waals surface area contributed by atoms with Crippen molar-refractivity contribution >= 4 is 23.7 Å². The number of hydrogen-bond acceptors (Lipinski definition) is 0. The summed E-state index contributed by atoms with van der Waals surface area (Å²) >= 11 is 0. The van der Waals surface area contributed by atoms with Crippen LogP contribution in [0.2, 0.25) is 0 Å². The Morgan fingerprint density at radius 3 is 0.750 bits per heavy atom. The van der Waals surface area contributed by atoms with Crippen molar-refractivity contribution in [2.75, 3.05) is 0 Å². The maximum Gasteiger partial charge on any atom is 0 e. The first-order chi connectivity index (χ1) is 0. The first kappa shape index (κ1) is 32.8. The first-order valence-corrected chi connectivity index (χ1v) is 0. The van der Waals surface area contributed by atoms with Crippen molar-refractivity contribution in [1.29, 1.82) is 0 Å². The molecule has 0 aliphatic heterocycles. The molecule has 0 aliphatic rings. The molecular formula is CrCu2Te. The molecule has 4 heteroatoms. The summed E-state index contributed by atoms with van der Waals surface area (Å²) in [6.07, 6.45) is 0. The van der Waals surface area contributed by atoms with E-state index in [1.807, 2.05) is 0 Å². The van der Waals surface area contributed by atoms with Gasteiger partial charge >= 0.3 is 0 Å². The molecule has 0 saturated heterocycles. The van der Waals surface area contributed by atoms with Gasteiger partial charge in [-0.2, -0.15) is 0 Å². The molecule has 0 spiro atoms. The first-order valence-electron chi connectivity index (χ1n) is 0. The molecule has 0 saturated carbocycles. The quantitative estimate of drug-likeness (QED) is 0.535. The Hall–Kier alpha value is 2.36. The minimum Gasteiger partial charge on any atom is 0 e. The van der Waals surface area contributed by atoms with Gasteiger partial charge in [-0.1, -0.05) is 0 Å². The maximum atomic E-state index is 0. The van der Waals surface area contributed by atoms with Crippen LogP contribution >= 0.6 is 0 Å². The summed E-state index contributed by atoms with van der Waals surface area (Å²) in [5.41, 5.74) is 0. The fourth-order valence-electron chi connectivity index (χ4n) is 0. The van der Waals surface area contributed by atoms with E-state index in [0.29, 0.717) is 0 Å². The van der Waals surface area contributed by atoms with E-state index in [1.54, 1.807) is 0 Å². The molecule has 0 amide bonds. The largest absolute Gasteiger partial charge is 0 e. The van der Waals surface area contributed by atoms with Gasteiger partial charge in [-0.25, -0.2) is 0 Å². The van der Waals surface area contributed by atoms with Gasteiger partial charge in [-0.3, -0.25) is 0 Å². The molecule has 4 heavy (non-hydrogen) atoms. The van der Waals surface area contributed by atoms with Crippen LogP contribution in [0.1, 0.15) is 0 Å². The zero-order chi connectivity index (χ0) is 0. The molecule has 34 valence electrons. The average molecular weight is 307 g/mol. The van der Waals surface area contributed by atoms with Gasteiger partial charge in [0.25, 0.3) is 0 Å². The predicted molar refractivity (Wildman–Crippen MR) is 5.75 cm³/mol. The molecule has 0 heterocycles. The van der Waals surface area contributed by atoms with Crippen LogP contribution in [0.3, 0.4) is 0 Å². The summed E-state index contributed by atoms with van der Waals surface area (Å²) in [6, 6.07) is 0. The normalized spacial score (nSPS) is 0. The SMILES string of the molecule is [Cr].[Cu].[Cu].[Te]. The molecule has 0 nitrogen and oxygen atoms in total. The van der Waals surface area contributed by atoms with E-state index in [0.717, 1.165) is 0 Å². The van der Waals surface area contributed by atoms with Gasteiger partial charge in [0.15, 0.2) is 0 Å². The van der Waals surface area contributed by atoms with Gasteiger partial charge in [0.2, 0.25) is 0 Å². The van der Waals surface area contributed by atoms with E-state index >= 15 is 0 Å². The van der Waals surface area contributed by atoms with E-state index in [1.165, 1.54) is 0 Å². The second kappa shape index (κ2) is 18.3. The zero-order valence-electron chi connectivity index (χ0n) is 1.42. The molecule has 0 aromatic rings. The van der Waals surface area contributed by atoms with Crippen molar-refractivity contribution in [3.63, 3.8) is 0 Å². The zero-order valence-corrected chi connectivity index (χ0v) is 6.91. The molecule has 0 rings (SSSR count). The predicted octanol–water partition coefficient (Wildman–Crippen LogP) is -0.388. The molecule has 0 aliphatic carbocycles. The van der Waals surface area contributed by atoms with Crippen molar-refractivity contribution in [2.45, 2.75) is 0 Å². The van der Waals surface area contributed by atoms with Gasteiger partial charge in [0, 0.05) is 75.2 Å². The van der Waals surface area contributed by atoms with Crippen molar-refractivity contribution in [3.05, 3.63) is 0 Å². The summed E-state index contributed by atoms with van der Waals surface area (Å²) in [4.78, 5) is 0. The van der Waals surface area contributed by atoms with Crippen LogP contribution in [0.5, 0.6) is 0 Å². The summed E-state index contributed by atoms with van der Waals surface area (Å²) in [6.45, 7) is 0.